The highest BCUT2D eigenvalue weighted by Gasteiger charge is 2.13. The largest absolute Gasteiger partial charge is 0.356 e. The van der Waals surface area contributed by atoms with Gasteiger partial charge in [-0.05, 0) is 51.9 Å². The molecule has 0 aliphatic carbocycles. The number of amides is 1. The fraction of sp³-hybridized carbons (Fsp3) is 0.929. The number of piperidine rings is 1. The topological polar surface area (TPSA) is 44.4 Å². The Bertz CT molecular complexity index is 236. The number of rotatable bonds is 8. The quantitative estimate of drug-likeness (QED) is 0.671. The fourth-order valence-corrected chi connectivity index (χ4v) is 2.45. The molecule has 1 heterocycles. The Morgan fingerprint density at radius 1 is 1.20 bits per heavy atom. The van der Waals surface area contributed by atoms with E-state index in [2.05, 4.69) is 22.5 Å². The van der Waals surface area contributed by atoms with Crippen LogP contribution in [0, 0.1) is 5.92 Å². The van der Waals surface area contributed by atoms with Crippen LogP contribution in [0.1, 0.15) is 39.0 Å². The molecule has 1 atom stereocenters. The smallest absolute Gasteiger partial charge is 0.220 e. The monoisotopic (exact) mass is 327 g/mol. The summed E-state index contributed by atoms with van der Waals surface area (Å²) in [6, 6.07) is 0. The molecule has 1 aliphatic rings. The first-order valence-corrected chi connectivity index (χ1v) is 7.36. The molecule has 2 N–H and O–H groups in total. The van der Waals surface area contributed by atoms with Crippen LogP contribution in [-0.2, 0) is 4.79 Å². The minimum Gasteiger partial charge on any atom is -0.356 e. The third-order valence-electron chi connectivity index (χ3n) is 3.50. The van der Waals surface area contributed by atoms with Crippen LogP contribution >= 0.6 is 24.8 Å². The highest BCUT2D eigenvalue weighted by Crippen LogP contribution is 2.10. The summed E-state index contributed by atoms with van der Waals surface area (Å²) >= 11 is 0. The molecule has 6 heteroatoms. The minimum atomic E-state index is 0. The van der Waals surface area contributed by atoms with E-state index in [4.69, 9.17) is 0 Å². The number of hydrogen-bond donors (Lipinski definition) is 2. The van der Waals surface area contributed by atoms with Crippen LogP contribution < -0.4 is 10.6 Å². The first kappa shape index (κ1) is 22.3. The number of hydrogen-bond acceptors (Lipinski definition) is 3. The van der Waals surface area contributed by atoms with Crippen molar-refractivity contribution in [1.82, 2.24) is 15.5 Å². The molecule has 1 saturated heterocycles. The van der Waals surface area contributed by atoms with Crippen LogP contribution in [0.5, 0.6) is 0 Å². The predicted molar refractivity (Wildman–Crippen MR) is 90.1 cm³/mol. The lowest BCUT2D eigenvalue weighted by molar-refractivity contribution is -0.121. The average Bonchev–Trinajstić information content (AvgIpc) is 2.38. The van der Waals surface area contributed by atoms with E-state index in [0.717, 1.165) is 26.1 Å². The molecule has 20 heavy (non-hydrogen) atoms. The number of nitrogens with zero attached hydrogens (tertiary/aromatic N) is 1. The molecule has 1 rings (SSSR count). The molecule has 1 aliphatic heterocycles. The molecule has 1 amide bonds. The summed E-state index contributed by atoms with van der Waals surface area (Å²) in [6.45, 7) is 7.55. The van der Waals surface area contributed by atoms with Crippen molar-refractivity contribution in [2.45, 2.75) is 39.0 Å². The molecule has 0 aromatic rings. The van der Waals surface area contributed by atoms with Crippen molar-refractivity contribution in [3.8, 4) is 0 Å². The average molecular weight is 328 g/mol. The van der Waals surface area contributed by atoms with E-state index in [1.807, 2.05) is 7.05 Å². The fourth-order valence-electron chi connectivity index (χ4n) is 2.45. The van der Waals surface area contributed by atoms with Crippen molar-refractivity contribution in [3.63, 3.8) is 0 Å². The Hall–Kier alpha value is -0.0300. The van der Waals surface area contributed by atoms with Gasteiger partial charge in [-0.15, -0.1) is 24.8 Å². The molecule has 0 aromatic heterocycles. The Morgan fingerprint density at radius 2 is 1.85 bits per heavy atom. The van der Waals surface area contributed by atoms with Gasteiger partial charge in [0.2, 0.25) is 5.91 Å². The van der Waals surface area contributed by atoms with Crippen molar-refractivity contribution in [2.75, 3.05) is 39.8 Å². The maximum absolute atomic E-state index is 11.6. The van der Waals surface area contributed by atoms with E-state index >= 15 is 0 Å². The lowest BCUT2D eigenvalue weighted by atomic mass is 10.1. The van der Waals surface area contributed by atoms with E-state index in [1.54, 1.807) is 0 Å². The SMILES string of the molecule is CNCCCC(=O)NCC(C)CN1CCCCC1.Cl.Cl. The van der Waals surface area contributed by atoms with E-state index in [0.29, 0.717) is 12.3 Å². The van der Waals surface area contributed by atoms with Gasteiger partial charge in [0.1, 0.15) is 0 Å². The zero-order chi connectivity index (χ0) is 13.2. The summed E-state index contributed by atoms with van der Waals surface area (Å²) in [7, 11) is 1.92. The first-order valence-electron chi connectivity index (χ1n) is 7.36. The van der Waals surface area contributed by atoms with Gasteiger partial charge in [0, 0.05) is 19.5 Å². The van der Waals surface area contributed by atoms with Crippen molar-refractivity contribution in [2.24, 2.45) is 5.92 Å². The molecular weight excluding hydrogens is 297 g/mol. The normalized spacial score (nSPS) is 16.7. The number of likely N-dealkylation sites (tertiary alicyclic amines) is 1. The minimum absolute atomic E-state index is 0. The van der Waals surface area contributed by atoms with E-state index in [1.165, 1.54) is 32.4 Å². The number of halogens is 2. The van der Waals surface area contributed by atoms with Gasteiger partial charge in [0.15, 0.2) is 0 Å². The second-order valence-electron chi connectivity index (χ2n) is 5.48. The summed E-state index contributed by atoms with van der Waals surface area (Å²) in [5, 5.41) is 6.09. The van der Waals surface area contributed by atoms with Crippen LogP contribution in [0.4, 0.5) is 0 Å². The number of carbonyl (C=O) groups is 1. The molecule has 0 spiro atoms. The Balaban J connectivity index is 0. The number of nitrogens with one attached hydrogen (secondary N) is 2. The Labute approximate surface area is 136 Å². The van der Waals surface area contributed by atoms with Gasteiger partial charge in [0.25, 0.3) is 0 Å². The molecule has 0 bridgehead atoms. The van der Waals surface area contributed by atoms with Crippen LogP contribution in [0.15, 0.2) is 0 Å². The molecule has 1 unspecified atom stereocenters. The first-order chi connectivity index (χ1) is 8.72. The van der Waals surface area contributed by atoms with E-state index in [-0.39, 0.29) is 30.7 Å². The van der Waals surface area contributed by atoms with Crippen molar-refractivity contribution in [3.05, 3.63) is 0 Å². The summed E-state index contributed by atoms with van der Waals surface area (Å²) in [5.74, 6) is 0.743. The van der Waals surface area contributed by atoms with Crippen molar-refractivity contribution in [1.29, 1.82) is 0 Å². The van der Waals surface area contributed by atoms with Crippen molar-refractivity contribution < 1.29 is 4.79 Å². The van der Waals surface area contributed by atoms with Gasteiger partial charge in [-0.1, -0.05) is 13.3 Å². The summed E-state index contributed by atoms with van der Waals surface area (Å²) in [5.41, 5.74) is 0. The zero-order valence-electron chi connectivity index (χ0n) is 12.8. The molecular formula is C14H31Cl2N3O. The van der Waals surface area contributed by atoms with Gasteiger partial charge in [-0.25, -0.2) is 0 Å². The second-order valence-corrected chi connectivity index (χ2v) is 5.48. The molecule has 122 valence electrons. The van der Waals surface area contributed by atoms with E-state index in [9.17, 15) is 4.79 Å². The standard InChI is InChI=1S/C14H29N3O.2ClH/c1-13(12-17-9-4-3-5-10-17)11-16-14(18)7-6-8-15-2;;/h13,15H,3-12H2,1-2H3,(H,16,18);2*1H. The summed E-state index contributed by atoms with van der Waals surface area (Å²) in [4.78, 5) is 14.1. The van der Waals surface area contributed by atoms with E-state index < -0.39 is 0 Å². The van der Waals surface area contributed by atoms with Crippen molar-refractivity contribution >= 4 is 30.7 Å². The van der Waals surface area contributed by atoms with Crippen LogP contribution in [0.3, 0.4) is 0 Å². The van der Waals surface area contributed by atoms with Gasteiger partial charge in [-0.2, -0.15) is 0 Å². The zero-order valence-corrected chi connectivity index (χ0v) is 14.5. The highest BCUT2D eigenvalue weighted by molar-refractivity contribution is 5.85. The van der Waals surface area contributed by atoms with Gasteiger partial charge < -0.3 is 15.5 Å². The molecule has 1 fully saturated rings. The Morgan fingerprint density at radius 3 is 2.45 bits per heavy atom. The molecule has 0 saturated carbocycles. The second kappa shape index (κ2) is 13.9. The van der Waals surface area contributed by atoms with Crippen LogP contribution in [0.25, 0.3) is 0 Å². The van der Waals surface area contributed by atoms with Gasteiger partial charge in [0.05, 0.1) is 0 Å². The van der Waals surface area contributed by atoms with Gasteiger partial charge >= 0.3 is 0 Å². The maximum atomic E-state index is 11.6. The lowest BCUT2D eigenvalue weighted by Gasteiger charge is -2.29. The van der Waals surface area contributed by atoms with Crippen LogP contribution in [0.2, 0.25) is 0 Å². The molecule has 4 nitrogen and oxygen atoms in total. The predicted octanol–water partition coefficient (Wildman–Crippen LogP) is 2.07. The third kappa shape index (κ3) is 10.7. The molecule has 0 aromatic carbocycles. The third-order valence-corrected chi connectivity index (χ3v) is 3.50. The van der Waals surface area contributed by atoms with Gasteiger partial charge in [-0.3, -0.25) is 4.79 Å². The maximum Gasteiger partial charge on any atom is 0.220 e. The summed E-state index contributed by atoms with van der Waals surface area (Å²) in [6.07, 6.45) is 5.61. The highest BCUT2D eigenvalue weighted by atomic mass is 35.5. The lowest BCUT2D eigenvalue weighted by Crippen LogP contribution is -2.38. The Kier molecular flexibility index (Phi) is 15.5. The molecule has 0 radical (unpaired) electrons. The summed E-state index contributed by atoms with van der Waals surface area (Å²) < 4.78 is 0. The van der Waals surface area contributed by atoms with Crippen LogP contribution in [-0.4, -0.2) is 50.6 Å². The number of carbonyl (C=O) groups excluding carboxylic acids is 1.